The highest BCUT2D eigenvalue weighted by molar-refractivity contribution is 8.07. The molecular weight excluding hydrogens is 1340 g/mol. The number of methoxy groups -OCH3 is 2. The van der Waals surface area contributed by atoms with Crippen LogP contribution in [0.15, 0.2) is 89.7 Å². The van der Waals surface area contributed by atoms with Crippen molar-refractivity contribution in [3.63, 3.8) is 0 Å². The maximum atomic E-state index is 13.8. The number of para-hydroxylation sites is 1. The lowest BCUT2D eigenvalue weighted by Gasteiger charge is -2.35. The van der Waals surface area contributed by atoms with E-state index in [2.05, 4.69) is 49.0 Å². The van der Waals surface area contributed by atoms with Gasteiger partial charge >= 0.3 is 12.1 Å². The molecule has 0 saturated carbocycles. The zero-order valence-electron chi connectivity index (χ0n) is 56.3. The Hall–Kier alpha value is -9.70. The quantitative estimate of drug-likeness (QED) is 0.0207. The van der Waals surface area contributed by atoms with Gasteiger partial charge in [0.15, 0.2) is 17.3 Å². The van der Waals surface area contributed by atoms with Crippen LogP contribution in [0.25, 0.3) is 22.3 Å². The number of ketones is 3. The van der Waals surface area contributed by atoms with Gasteiger partial charge in [0.25, 0.3) is 5.56 Å². The Morgan fingerprint density at radius 2 is 1.21 bits per heavy atom. The lowest BCUT2D eigenvalue weighted by molar-refractivity contribution is -0.175. The van der Waals surface area contributed by atoms with E-state index in [1.165, 1.54) is 59.3 Å². The zero-order chi connectivity index (χ0) is 73.8. The van der Waals surface area contributed by atoms with Crippen LogP contribution >= 0.6 is 0 Å². The molecule has 0 radical (unpaired) electrons. The average molecular weight is 1430 g/mol. The number of benzene rings is 3. The number of ether oxygens (including phenoxy) is 7. The van der Waals surface area contributed by atoms with Gasteiger partial charge in [-0.1, -0.05) is 63.2 Å². The fourth-order valence-electron chi connectivity index (χ4n) is 10.4. The topological polar surface area (TPSA) is 437 Å². The summed E-state index contributed by atoms with van der Waals surface area (Å²) >= 11 is 7.33. The first-order chi connectivity index (χ1) is 47.7. The molecule has 100 heavy (non-hydrogen) atoms. The molecule has 3 aromatic carbocycles. The van der Waals surface area contributed by atoms with E-state index in [1.54, 1.807) is 48.7 Å². The highest BCUT2D eigenvalue weighted by Gasteiger charge is 2.51. The first-order valence-electron chi connectivity index (χ1n) is 31.6. The molecule has 7 amide bonds. The fourth-order valence-corrected chi connectivity index (χ4v) is 10.4. The smallest absolute Gasteiger partial charge is 0.457 e. The van der Waals surface area contributed by atoms with Gasteiger partial charge in [0.1, 0.15) is 38.5 Å². The number of aliphatic hydroxyl groups excluding tert-OH is 1. The first-order valence-corrected chi connectivity index (χ1v) is 33.0. The van der Waals surface area contributed by atoms with Crippen LogP contribution in [0.4, 0.5) is 16.2 Å². The summed E-state index contributed by atoms with van der Waals surface area (Å²) in [7, 11) is 3.01. The number of amides is 7. The van der Waals surface area contributed by atoms with E-state index >= 15 is 0 Å². The number of hydrogen-bond donors (Lipinski definition) is 8. The molecule has 538 valence electrons. The van der Waals surface area contributed by atoms with Crippen LogP contribution in [-0.4, -0.2) is 157 Å². The molecule has 0 saturated heterocycles. The van der Waals surface area contributed by atoms with Crippen molar-refractivity contribution >= 4 is 115 Å². The number of carbonyl (C=O) groups is 12. The predicted octanol–water partition coefficient (Wildman–Crippen LogP) is 2.83. The van der Waals surface area contributed by atoms with Gasteiger partial charge in [-0.25, -0.2) is 14.6 Å². The van der Waals surface area contributed by atoms with E-state index in [0.29, 0.717) is 41.4 Å². The summed E-state index contributed by atoms with van der Waals surface area (Å²) in [6.07, 6.45) is -2.67. The number of aliphatic hydroxyl groups is 1. The second kappa shape index (κ2) is 39.8. The highest BCUT2D eigenvalue weighted by Crippen LogP contribution is 2.41. The number of cyclic esters (lactones) is 1. The number of Topliss-reactive ketones (excluding diaryl/α,β-unsaturated/α-hetero) is 3. The fraction of sp³-hybridized carbons (Fsp3) is 0.441. The lowest BCUT2D eigenvalue weighted by Crippen LogP contribution is -2.53. The molecule has 10 N–H and O–H groups in total. The monoisotopic (exact) mass is 1430 g/mol. The average Bonchev–Trinajstić information content (AvgIpc) is 1.49. The molecule has 7 rings (SSSR count). The van der Waals surface area contributed by atoms with Crippen LogP contribution in [-0.2, 0) is 140 Å². The molecule has 2 aliphatic rings. The number of carbonyl (C=O) groups excluding carboxylic acids is 12. The molecule has 32 heteroatoms. The number of rotatable bonds is 36. The van der Waals surface area contributed by atoms with Gasteiger partial charge < -0.3 is 80.9 Å². The molecule has 2 aliphatic heterocycles. The molecule has 7 atom stereocenters. The third-order valence-electron chi connectivity index (χ3n) is 15.9. The molecule has 30 nitrogen and oxygen atoms in total. The van der Waals surface area contributed by atoms with Gasteiger partial charge in [0.2, 0.25) is 47.0 Å². The van der Waals surface area contributed by atoms with E-state index in [0.717, 1.165) is 16.5 Å². The van der Waals surface area contributed by atoms with Crippen LogP contribution < -0.4 is 43.6 Å². The Labute approximate surface area is 585 Å². The van der Waals surface area contributed by atoms with Gasteiger partial charge in [-0.3, -0.25) is 52.7 Å². The van der Waals surface area contributed by atoms with Crippen molar-refractivity contribution in [3.05, 3.63) is 123 Å². The number of nitrogens with zero attached hydrogens (tertiary/aromatic N) is 2. The Bertz CT molecular complexity index is 3840. The Morgan fingerprint density at radius 3 is 1.76 bits per heavy atom. The van der Waals surface area contributed by atoms with Crippen molar-refractivity contribution in [2.75, 3.05) is 64.5 Å². The molecule has 0 aliphatic carbocycles. The first kappa shape index (κ1) is 81.0. The van der Waals surface area contributed by atoms with Gasteiger partial charge in [-0.05, 0) is 73.9 Å². The molecule has 0 bridgehead atoms. The van der Waals surface area contributed by atoms with Crippen LogP contribution in [0, 0.1) is 17.8 Å². The summed E-state index contributed by atoms with van der Waals surface area (Å²) in [6.45, 7) is 7.88. The molecule has 0 unspecified atom stereocenters. The summed E-state index contributed by atoms with van der Waals surface area (Å²) in [4.78, 5) is 169. The van der Waals surface area contributed by atoms with E-state index in [1.807, 2.05) is 30.3 Å². The third kappa shape index (κ3) is 23.5. The van der Waals surface area contributed by atoms with Gasteiger partial charge in [-0.15, -0.1) is 0 Å². The van der Waals surface area contributed by atoms with Crippen LogP contribution in [0.5, 0.6) is 0 Å². The second-order valence-electron chi connectivity index (χ2n) is 23.5. The summed E-state index contributed by atoms with van der Waals surface area (Å²) in [5, 5.41) is 22.7. The highest BCUT2D eigenvalue weighted by atomic mass is 32.8. The summed E-state index contributed by atoms with van der Waals surface area (Å²) in [6, 6.07) is 20.1. The van der Waals surface area contributed by atoms with E-state index in [4.69, 9.17) is 54.7 Å². The number of aromatic nitrogens is 2. The minimum Gasteiger partial charge on any atom is -0.457 e. The number of primary amides is 2. The molecule has 5 aromatic rings. The largest absolute Gasteiger partial charge is 0.510 e. The number of nitrogens with one attached hydrogen (secondary N) is 5. The van der Waals surface area contributed by atoms with Crippen LogP contribution in [0.2, 0.25) is 0 Å². The lowest BCUT2D eigenvalue weighted by atomic mass is 9.85. The minimum atomic E-state index is -1.98. The van der Waals surface area contributed by atoms with Crippen molar-refractivity contribution in [3.8, 4) is 11.4 Å². The molecule has 0 spiro atoms. The van der Waals surface area contributed by atoms with Gasteiger partial charge in [0.05, 0.1) is 80.4 Å². The Kier molecular flexibility index (Phi) is 32.2. The van der Waals surface area contributed by atoms with Crippen molar-refractivity contribution in [2.45, 2.75) is 123 Å². The van der Waals surface area contributed by atoms with E-state index in [-0.39, 0.29) is 113 Å². The number of nitrogens with two attached hydrogens (primary N) is 2. The molecular formula is C68H83N9O21S2. The Morgan fingerprint density at radius 1 is 0.660 bits per heavy atom. The van der Waals surface area contributed by atoms with Crippen LogP contribution in [0.1, 0.15) is 101 Å². The summed E-state index contributed by atoms with van der Waals surface area (Å²) in [5.74, 6) is -9.22. The van der Waals surface area contributed by atoms with Gasteiger partial charge in [-0.2, -0.15) is 0 Å². The van der Waals surface area contributed by atoms with Gasteiger partial charge in [0, 0.05) is 102 Å². The van der Waals surface area contributed by atoms with Crippen molar-refractivity contribution in [1.29, 1.82) is 0 Å². The second-order valence-corrected chi connectivity index (χ2v) is 23.5. The van der Waals surface area contributed by atoms with E-state index < -0.39 is 113 Å². The van der Waals surface area contributed by atoms with Crippen molar-refractivity contribution in [2.24, 2.45) is 29.2 Å². The minimum absolute atomic E-state index is 0.0541. The summed E-state index contributed by atoms with van der Waals surface area (Å²) < 4.78 is 38.1. The van der Waals surface area contributed by atoms with E-state index in [9.17, 15) is 62.3 Å². The number of esters is 1. The van der Waals surface area contributed by atoms with Crippen molar-refractivity contribution in [1.82, 2.24) is 25.5 Å². The third-order valence-corrected chi connectivity index (χ3v) is 15.9. The number of fused-ring (bicyclic) bond motifs is 5. The normalized spacial score (nSPS) is 15.0. The SMILES string of the molecule is CC[C@@]1(OC(=O)OCc2ccc(NC(=O)[C@H](CC(N)=O)NC(=O)[C@H](C)NC(=O)[C@H](C)CC(=O)COCCOC)cc2)C(=O)OCc2c1cc1n(c2=O)Cc2cc3ccccc3nc2-1.COCCOCC(=O)C[C@@H](C)C(=O)N[C@@H](C)C(=O)C[C@@H](CC(N)=O)C(=O)Nc1ccc(CO)cc1.S=S. The molecule has 2 aromatic heterocycles. The summed E-state index contributed by atoms with van der Waals surface area (Å²) in [5.41, 5.74) is 13.0. The zero-order valence-corrected chi connectivity index (χ0v) is 58.0. The maximum Gasteiger partial charge on any atom is 0.510 e. The number of anilines is 2. The standard InChI is InChI=1S/C44H48N6O13.C24H35N3O8.S2/c1-5-44(32-18-35-37-28(17-27-8-6-7-9-33(27)48-37)20-50(35)41(56)31(32)23-61-42(44)57)63-43(58)62-21-26-10-12-29(13-11-26)47-40(55)34(19-36(45)52)49-39(54)25(3)46-38(53)24(2)16-30(51)22-60-15-14-59-4;1-15(10-20(29)14-35-9-8-34-3)23(32)26-16(2)21(30)11-18(12-22(25)31)24(33)27-19-6-4-17(13-28)5-7-19;1-2/h6-13,17-18,24-25,34H,5,14-16,19-23H2,1-4H3,(H2,45,52)(H,46,53)(H,47,55)(H,49,54);4-7,15-16,18,28H,8-14H2,1-3H3,(H2,25,31)(H,26,32)(H,27,33);/t24-,25+,34+,44+;15-,16+,18+;/m11./s1. The molecule has 0 fully saturated rings. The van der Waals surface area contributed by atoms with Crippen molar-refractivity contribution < 1.29 is 95.8 Å². The number of hydrogen-bond acceptors (Lipinski definition) is 24. The Balaban J connectivity index is 0.000000414. The maximum absolute atomic E-state index is 13.8. The molecule has 4 heterocycles. The predicted molar refractivity (Wildman–Crippen MR) is 365 cm³/mol. The number of pyridine rings is 2. The van der Waals surface area contributed by atoms with Crippen LogP contribution in [0.3, 0.4) is 0 Å².